The zero-order chi connectivity index (χ0) is 20.5. The van der Waals surface area contributed by atoms with Gasteiger partial charge < -0.3 is 20.3 Å². The number of rotatable bonds is 9. The molecule has 0 bridgehead atoms. The Labute approximate surface area is 170 Å². The Kier molecular flexibility index (Phi) is 8.14. The summed E-state index contributed by atoms with van der Waals surface area (Å²) in [4.78, 5) is 25.8. The van der Waals surface area contributed by atoms with Crippen LogP contribution >= 0.6 is 11.6 Å². The maximum absolute atomic E-state index is 12.4. The van der Waals surface area contributed by atoms with Crippen LogP contribution in [0.3, 0.4) is 0 Å². The summed E-state index contributed by atoms with van der Waals surface area (Å²) < 4.78 is 5.28. The predicted octanol–water partition coefficient (Wildman–Crippen LogP) is 4.16. The molecule has 28 heavy (non-hydrogen) atoms. The fourth-order valence-corrected chi connectivity index (χ4v) is 2.95. The molecule has 2 rings (SSSR count). The van der Waals surface area contributed by atoms with Gasteiger partial charge in [-0.1, -0.05) is 29.8 Å². The largest absolute Gasteiger partial charge is 0.495 e. The molecular weight excluding hydrogens is 378 g/mol. The van der Waals surface area contributed by atoms with Crippen molar-refractivity contribution in [3.8, 4) is 5.75 Å². The number of benzene rings is 2. The maximum atomic E-state index is 12.4. The highest BCUT2D eigenvalue weighted by molar-refractivity contribution is 6.30. The molecule has 0 heterocycles. The number of ether oxygens (including phenoxy) is 1. The van der Waals surface area contributed by atoms with E-state index in [0.717, 1.165) is 11.3 Å². The lowest BCUT2D eigenvalue weighted by Crippen LogP contribution is -2.28. The molecule has 2 aromatic rings. The second-order valence-corrected chi connectivity index (χ2v) is 6.70. The molecule has 0 aliphatic heterocycles. The van der Waals surface area contributed by atoms with Crippen LogP contribution in [-0.2, 0) is 16.1 Å². The first-order chi connectivity index (χ1) is 13.4. The fourth-order valence-electron chi connectivity index (χ4n) is 2.77. The Morgan fingerprint density at radius 2 is 1.89 bits per heavy atom. The van der Waals surface area contributed by atoms with E-state index >= 15 is 0 Å². The van der Waals surface area contributed by atoms with Crippen LogP contribution in [-0.4, -0.2) is 36.9 Å². The predicted molar refractivity (Wildman–Crippen MR) is 113 cm³/mol. The summed E-state index contributed by atoms with van der Waals surface area (Å²) in [5, 5.41) is 6.69. The van der Waals surface area contributed by atoms with Gasteiger partial charge in [0.25, 0.3) is 0 Å². The van der Waals surface area contributed by atoms with Gasteiger partial charge in [0, 0.05) is 43.7 Å². The minimum atomic E-state index is -0.119. The summed E-state index contributed by atoms with van der Waals surface area (Å²) >= 11 is 6.01. The van der Waals surface area contributed by atoms with Crippen molar-refractivity contribution in [3.05, 3.63) is 53.1 Å². The number of para-hydroxylation sites is 1. The average Bonchev–Trinajstić information content (AvgIpc) is 2.67. The van der Waals surface area contributed by atoms with Crippen LogP contribution in [0.2, 0.25) is 5.02 Å². The molecule has 0 saturated heterocycles. The number of amides is 2. The Morgan fingerprint density at radius 3 is 2.57 bits per heavy atom. The molecule has 0 aromatic heterocycles. The van der Waals surface area contributed by atoms with Crippen LogP contribution in [0.25, 0.3) is 0 Å². The van der Waals surface area contributed by atoms with Crippen molar-refractivity contribution in [2.24, 2.45) is 0 Å². The molecule has 2 amide bonds. The quantitative estimate of drug-likeness (QED) is 0.659. The number of carbonyl (C=O) groups is 2. The monoisotopic (exact) mass is 403 g/mol. The highest BCUT2D eigenvalue weighted by Crippen LogP contribution is 2.27. The summed E-state index contributed by atoms with van der Waals surface area (Å²) in [6.07, 6.45) is 0.272. The molecule has 7 heteroatoms. The van der Waals surface area contributed by atoms with Gasteiger partial charge in [-0.2, -0.15) is 0 Å². The molecule has 0 unspecified atom stereocenters. The van der Waals surface area contributed by atoms with Crippen LogP contribution in [0, 0.1) is 0 Å². The molecule has 0 fully saturated rings. The first-order valence-electron chi connectivity index (χ1n) is 9.15. The third-order valence-corrected chi connectivity index (χ3v) is 4.54. The summed E-state index contributed by atoms with van der Waals surface area (Å²) in [6.45, 7) is 4.97. The third kappa shape index (κ3) is 6.16. The number of methoxy groups -OCH3 is 1. The van der Waals surface area contributed by atoms with Crippen molar-refractivity contribution in [1.29, 1.82) is 0 Å². The van der Waals surface area contributed by atoms with E-state index in [1.54, 1.807) is 37.1 Å². The van der Waals surface area contributed by atoms with Gasteiger partial charge in [0.1, 0.15) is 5.75 Å². The van der Waals surface area contributed by atoms with Gasteiger partial charge in [-0.05, 0) is 36.8 Å². The van der Waals surface area contributed by atoms with Crippen LogP contribution < -0.4 is 15.4 Å². The van der Waals surface area contributed by atoms with Gasteiger partial charge in [-0.3, -0.25) is 9.59 Å². The minimum absolute atomic E-state index is 0.00305. The highest BCUT2D eigenvalue weighted by Gasteiger charge is 2.12. The van der Waals surface area contributed by atoms with Crippen molar-refractivity contribution >= 4 is 34.8 Å². The van der Waals surface area contributed by atoms with Crippen molar-refractivity contribution < 1.29 is 14.3 Å². The number of hydrogen-bond acceptors (Lipinski definition) is 4. The van der Waals surface area contributed by atoms with Gasteiger partial charge in [0.2, 0.25) is 11.8 Å². The molecule has 150 valence electrons. The SMILES string of the molecule is CCN(Cc1ccccc1NC(=O)CCNc1cc(Cl)ccc1OC)C(C)=O. The zero-order valence-corrected chi connectivity index (χ0v) is 17.2. The smallest absolute Gasteiger partial charge is 0.226 e. The van der Waals surface area contributed by atoms with E-state index in [9.17, 15) is 9.59 Å². The molecular formula is C21H26ClN3O3. The number of hydrogen-bond donors (Lipinski definition) is 2. The van der Waals surface area contributed by atoms with Crippen LogP contribution in [0.4, 0.5) is 11.4 Å². The summed E-state index contributed by atoms with van der Waals surface area (Å²) in [5.41, 5.74) is 2.35. The Hall–Kier alpha value is -2.73. The molecule has 6 nitrogen and oxygen atoms in total. The van der Waals surface area contributed by atoms with Gasteiger partial charge in [0.15, 0.2) is 0 Å². The Balaban J connectivity index is 1.95. The van der Waals surface area contributed by atoms with E-state index in [4.69, 9.17) is 16.3 Å². The molecule has 0 radical (unpaired) electrons. The zero-order valence-electron chi connectivity index (χ0n) is 16.4. The lowest BCUT2D eigenvalue weighted by Gasteiger charge is -2.21. The summed E-state index contributed by atoms with van der Waals surface area (Å²) in [5.74, 6) is 0.550. The highest BCUT2D eigenvalue weighted by atomic mass is 35.5. The van der Waals surface area contributed by atoms with Gasteiger partial charge in [0.05, 0.1) is 12.8 Å². The molecule has 0 aliphatic rings. The van der Waals surface area contributed by atoms with Crippen molar-refractivity contribution in [2.75, 3.05) is 30.8 Å². The van der Waals surface area contributed by atoms with Crippen molar-refractivity contribution in [2.45, 2.75) is 26.8 Å². The topological polar surface area (TPSA) is 70.7 Å². The van der Waals surface area contributed by atoms with Gasteiger partial charge >= 0.3 is 0 Å². The van der Waals surface area contributed by atoms with Crippen LogP contribution in [0.15, 0.2) is 42.5 Å². The van der Waals surface area contributed by atoms with E-state index in [1.165, 1.54) is 0 Å². The molecule has 0 aliphatic carbocycles. The fraction of sp³-hybridized carbons (Fsp3) is 0.333. The minimum Gasteiger partial charge on any atom is -0.495 e. The first-order valence-corrected chi connectivity index (χ1v) is 9.53. The normalized spacial score (nSPS) is 10.3. The van der Waals surface area contributed by atoms with Crippen molar-refractivity contribution in [3.63, 3.8) is 0 Å². The molecule has 2 aromatic carbocycles. The first kappa shape index (κ1) is 21.6. The lowest BCUT2D eigenvalue weighted by atomic mass is 10.1. The Morgan fingerprint density at radius 1 is 1.14 bits per heavy atom. The van der Waals surface area contributed by atoms with E-state index in [2.05, 4.69) is 10.6 Å². The van der Waals surface area contributed by atoms with E-state index in [1.807, 2.05) is 31.2 Å². The molecule has 2 N–H and O–H groups in total. The summed E-state index contributed by atoms with van der Waals surface area (Å²) in [7, 11) is 1.58. The number of nitrogens with zero attached hydrogens (tertiary/aromatic N) is 1. The van der Waals surface area contributed by atoms with Crippen molar-refractivity contribution in [1.82, 2.24) is 4.90 Å². The average molecular weight is 404 g/mol. The third-order valence-electron chi connectivity index (χ3n) is 4.31. The van der Waals surface area contributed by atoms with Crippen LogP contribution in [0.1, 0.15) is 25.8 Å². The number of anilines is 2. The molecule has 0 spiro atoms. The van der Waals surface area contributed by atoms with E-state index in [-0.39, 0.29) is 18.2 Å². The molecule has 0 atom stereocenters. The van der Waals surface area contributed by atoms with Gasteiger partial charge in [-0.15, -0.1) is 0 Å². The van der Waals surface area contributed by atoms with Gasteiger partial charge in [-0.25, -0.2) is 0 Å². The number of nitrogens with one attached hydrogen (secondary N) is 2. The second kappa shape index (κ2) is 10.6. The number of halogens is 1. The summed E-state index contributed by atoms with van der Waals surface area (Å²) in [6, 6.07) is 12.8. The second-order valence-electron chi connectivity index (χ2n) is 6.26. The molecule has 0 saturated carbocycles. The standard InChI is InChI=1S/C21H26ClN3O3/c1-4-25(15(2)26)14-16-7-5-6-8-18(16)24-21(27)11-12-23-19-13-17(22)9-10-20(19)28-3/h5-10,13,23H,4,11-12,14H2,1-3H3,(H,24,27). The maximum Gasteiger partial charge on any atom is 0.226 e. The van der Waals surface area contributed by atoms with Crippen LogP contribution in [0.5, 0.6) is 5.75 Å². The van der Waals surface area contributed by atoms with E-state index < -0.39 is 0 Å². The lowest BCUT2D eigenvalue weighted by molar-refractivity contribution is -0.129. The van der Waals surface area contributed by atoms with E-state index in [0.29, 0.717) is 36.1 Å². The number of carbonyl (C=O) groups excluding carboxylic acids is 2. The Bertz CT molecular complexity index is 826.